The van der Waals surface area contributed by atoms with E-state index in [-0.39, 0.29) is 11.9 Å². The van der Waals surface area contributed by atoms with Crippen LogP contribution in [0.4, 0.5) is 0 Å². The Kier molecular flexibility index (Phi) is 4.19. The van der Waals surface area contributed by atoms with E-state index in [1.807, 2.05) is 18.3 Å². The van der Waals surface area contributed by atoms with E-state index in [9.17, 15) is 9.59 Å². The molecule has 1 fully saturated rings. The number of aromatic amines is 1. The van der Waals surface area contributed by atoms with E-state index >= 15 is 0 Å². The Morgan fingerprint density at radius 1 is 1.30 bits per heavy atom. The summed E-state index contributed by atoms with van der Waals surface area (Å²) in [4.78, 5) is 26.2. The van der Waals surface area contributed by atoms with E-state index in [4.69, 9.17) is 5.73 Å². The lowest BCUT2D eigenvalue weighted by Gasteiger charge is -2.30. The maximum Gasteiger partial charge on any atom is 0.250 e. The van der Waals surface area contributed by atoms with Gasteiger partial charge in [0.05, 0.1) is 11.1 Å². The highest BCUT2D eigenvalue weighted by atomic mass is 16.1. The fraction of sp³-hybridized carbons (Fsp3) is 0.333. The minimum Gasteiger partial charge on any atom is -0.366 e. The van der Waals surface area contributed by atoms with Crippen molar-refractivity contribution >= 4 is 22.7 Å². The van der Waals surface area contributed by atoms with Crippen molar-refractivity contribution in [2.75, 3.05) is 0 Å². The molecular formula is C18H21N3O2. The van der Waals surface area contributed by atoms with Crippen LogP contribution in [0.3, 0.4) is 0 Å². The molecule has 1 aliphatic carbocycles. The first kappa shape index (κ1) is 15.3. The Morgan fingerprint density at radius 3 is 2.87 bits per heavy atom. The molecule has 0 unspecified atom stereocenters. The monoisotopic (exact) mass is 311 g/mol. The number of hydrogen-bond donors (Lipinski definition) is 3. The molecule has 2 atom stereocenters. The topological polar surface area (TPSA) is 88.0 Å². The summed E-state index contributed by atoms with van der Waals surface area (Å²) in [5.41, 5.74) is 7.97. The zero-order valence-corrected chi connectivity index (χ0v) is 13.0. The number of carbonyl (C=O) groups is 2. The second kappa shape index (κ2) is 6.28. The molecule has 0 spiro atoms. The molecule has 1 heterocycles. The number of aromatic nitrogens is 1. The van der Waals surface area contributed by atoms with Crippen LogP contribution in [0.2, 0.25) is 0 Å². The molecule has 1 aromatic heterocycles. The van der Waals surface area contributed by atoms with Crippen molar-refractivity contribution in [3.63, 3.8) is 0 Å². The van der Waals surface area contributed by atoms with Crippen molar-refractivity contribution in [3.05, 3.63) is 48.2 Å². The highest BCUT2D eigenvalue weighted by molar-refractivity contribution is 6.05. The highest BCUT2D eigenvalue weighted by Gasteiger charge is 2.26. The van der Waals surface area contributed by atoms with Gasteiger partial charge < -0.3 is 16.0 Å². The van der Waals surface area contributed by atoms with Crippen LogP contribution in [0.15, 0.2) is 37.1 Å². The van der Waals surface area contributed by atoms with Crippen molar-refractivity contribution in [1.82, 2.24) is 10.3 Å². The van der Waals surface area contributed by atoms with Crippen LogP contribution in [0.1, 0.15) is 47.5 Å². The van der Waals surface area contributed by atoms with Gasteiger partial charge in [-0.3, -0.25) is 9.59 Å². The summed E-state index contributed by atoms with van der Waals surface area (Å²) in [7, 11) is 0. The number of fused-ring (bicyclic) bond motifs is 1. The maximum atomic E-state index is 11.6. The van der Waals surface area contributed by atoms with Crippen LogP contribution in [-0.2, 0) is 4.79 Å². The van der Waals surface area contributed by atoms with Gasteiger partial charge in [-0.1, -0.05) is 19.1 Å². The van der Waals surface area contributed by atoms with E-state index in [1.165, 1.54) is 11.6 Å². The third kappa shape index (κ3) is 2.99. The molecule has 0 saturated heterocycles. The Labute approximate surface area is 134 Å². The number of nitrogens with two attached hydrogens (primary N) is 1. The highest BCUT2D eigenvalue weighted by Crippen LogP contribution is 2.37. The minimum absolute atomic E-state index is 0.119. The Morgan fingerprint density at radius 2 is 2.13 bits per heavy atom. The first-order valence-corrected chi connectivity index (χ1v) is 7.93. The summed E-state index contributed by atoms with van der Waals surface area (Å²) in [5.74, 6) is -0.186. The fourth-order valence-electron chi connectivity index (χ4n) is 3.60. The number of carbonyl (C=O) groups excluding carboxylic acids is 2. The zero-order valence-electron chi connectivity index (χ0n) is 13.0. The molecule has 1 saturated carbocycles. The lowest BCUT2D eigenvalue weighted by molar-refractivity contribution is -0.117. The Bertz CT molecular complexity index is 763. The predicted octanol–water partition coefficient (Wildman–Crippen LogP) is 2.60. The zero-order chi connectivity index (χ0) is 16.4. The van der Waals surface area contributed by atoms with Crippen LogP contribution in [0.5, 0.6) is 0 Å². The van der Waals surface area contributed by atoms with Gasteiger partial charge in [-0.15, -0.1) is 0 Å². The summed E-state index contributed by atoms with van der Waals surface area (Å²) in [6, 6.07) is 5.95. The average Bonchev–Trinajstić information content (AvgIpc) is 3.03. The number of amides is 2. The van der Waals surface area contributed by atoms with Gasteiger partial charge in [-0.05, 0) is 49.0 Å². The largest absolute Gasteiger partial charge is 0.366 e. The molecule has 5 nitrogen and oxygen atoms in total. The molecule has 5 heteroatoms. The van der Waals surface area contributed by atoms with Crippen molar-refractivity contribution in [1.29, 1.82) is 0 Å². The molecule has 3 rings (SSSR count). The maximum absolute atomic E-state index is 11.6. The molecule has 0 bridgehead atoms. The quantitative estimate of drug-likeness (QED) is 0.758. The Balaban J connectivity index is 1.89. The second-order valence-corrected chi connectivity index (χ2v) is 6.11. The molecule has 2 amide bonds. The van der Waals surface area contributed by atoms with Crippen LogP contribution < -0.4 is 11.1 Å². The van der Waals surface area contributed by atoms with Crippen LogP contribution in [0, 0.1) is 0 Å². The first-order chi connectivity index (χ1) is 11.1. The van der Waals surface area contributed by atoms with Gasteiger partial charge in [0.2, 0.25) is 5.91 Å². The molecule has 0 aliphatic heterocycles. The van der Waals surface area contributed by atoms with Crippen molar-refractivity contribution in [2.24, 2.45) is 5.73 Å². The number of benzene rings is 1. The SMILES string of the molecule is C=CC(=O)N[C@H]1CCC[C@@H](c2ccc(C(N)=O)c3[nH]ccc23)C1. The summed E-state index contributed by atoms with van der Waals surface area (Å²) >= 11 is 0. The normalized spacial score (nSPS) is 21.0. The van der Waals surface area contributed by atoms with E-state index < -0.39 is 5.91 Å². The predicted molar refractivity (Wildman–Crippen MR) is 90.2 cm³/mol. The van der Waals surface area contributed by atoms with E-state index in [2.05, 4.69) is 16.9 Å². The smallest absolute Gasteiger partial charge is 0.250 e. The van der Waals surface area contributed by atoms with Gasteiger partial charge in [-0.2, -0.15) is 0 Å². The number of H-pyrrole nitrogens is 1. The van der Waals surface area contributed by atoms with Gasteiger partial charge in [0, 0.05) is 17.6 Å². The number of hydrogen-bond acceptors (Lipinski definition) is 2. The first-order valence-electron chi connectivity index (χ1n) is 7.93. The standard InChI is InChI=1S/C18H21N3O2/c1-2-16(22)21-12-5-3-4-11(10-12)13-6-7-15(18(19)23)17-14(13)8-9-20-17/h2,6-9,11-12,20H,1,3-5,10H2,(H2,19,23)(H,21,22)/t11-,12+/m1/s1. The second-order valence-electron chi connectivity index (χ2n) is 6.11. The van der Waals surface area contributed by atoms with E-state index in [0.717, 1.165) is 36.6 Å². The van der Waals surface area contributed by atoms with E-state index in [0.29, 0.717) is 11.5 Å². The summed E-state index contributed by atoms with van der Waals surface area (Å²) in [6.07, 6.45) is 7.18. The third-order valence-corrected chi connectivity index (χ3v) is 4.67. The van der Waals surface area contributed by atoms with Crippen molar-refractivity contribution in [3.8, 4) is 0 Å². The summed E-state index contributed by atoms with van der Waals surface area (Å²) < 4.78 is 0. The molecule has 120 valence electrons. The molecule has 2 aromatic rings. The van der Waals surface area contributed by atoms with Gasteiger partial charge in [0.1, 0.15) is 0 Å². The van der Waals surface area contributed by atoms with E-state index in [1.54, 1.807) is 6.07 Å². The van der Waals surface area contributed by atoms with Gasteiger partial charge in [-0.25, -0.2) is 0 Å². The molecule has 1 aromatic carbocycles. The summed E-state index contributed by atoms with van der Waals surface area (Å²) in [6.45, 7) is 3.50. The van der Waals surface area contributed by atoms with Crippen LogP contribution in [0.25, 0.3) is 10.9 Å². The number of nitrogens with one attached hydrogen (secondary N) is 2. The Hall–Kier alpha value is -2.56. The van der Waals surface area contributed by atoms with Crippen molar-refractivity contribution < 1.29 is 9.59 Å². The molecule has 1 aliphatic rings. The van der Waals surface area contributed by atoms with Crippen LogP contribution >= 0.6 is 0 Å². The number of primary amides is 1. The third-order valence-electron chi connectivity index (χ3n) is 4.67. The lowest BCUT2D eigenvalue weighted by Crippen LogP contribution is -2.37. The van der Waals surface area contributed by atoms with Gasteiger partial charge in [0.25, 0.3) is 5.91 Å². The minimum atomic E-state index is -0.427. The lowest BCUT2D eigenvalue weighted by atomic mass is 9.80. The molecule has 0 radical (unpaired) electrons. The van der Waals surface area contributed by atoms with Gasteiger partial charge >= 0.3 is 0 Å². The summed E-state index contributed by atoms with van der Waals surface area (Å²) in [5, 5.41) is 4.04. The van der Waals surface area contributed by atoms with Crippen LogP contribution in [-0.4, -0.2) is 22.8 Å². The molecular weight excluding hydrogens is 290 g/mol. The fourth-order valence-corrected chi connectivity index (χ4v) is 3.60. The average molecular weight is 311 g/mol. The number of rotatable bonds is 4. The van der Waals surface area contributed by atoms with Crippen molar-refractivity contribution in [2.45, 2.75) is 37.6 Å². The molecule has 4 N–H and O–H groups in total. The van der Waals surface area contributed by atoms with Gasteiger partial charge in [0.15, 0.2) is 0 Å². The molecule has 23 heavy (non-hydrogen) atoms.